The van der Waals surface area contributed by atoms with Crippen LogP contribution in [0.2, 0.25) is 0 Å². The molecule has 0 saturated heterocycles. The van der Waals surface area contributed by atoms with Gasteiger partial charge in [0.15, 0.2) is 6.10 Å². The number of hydrogen-bond donors (Lipinski definition) is 2. The lowest BCUT2D eigenvalue weighted by molar-refractivity contribution is -0.127. The van der Waals surface area contributed by atoms with Gasteiger partial charge < -0.3 is 4.74 Å². The molecule has 0 spiro atoms. The van der Waals surface area contributed by atoms with Crippen LogP contribution in [0, 0.1) is 0 Å². The average molecular weight is 236 g/mol. The Morgan fingerprint density at radius 3 is 2.47 bits per heavy atom. The standard InChI is InChI=1S/C13H20N2O2/c1-9(12(16)15-14)17-11-8-6-5-7-10(11)13(2,3)4/h5-9H,14H2,1-4H3,(H,15,16). The van der Waals surface area contributed by atoms with Gasteiger partial charge in [0.05, 0.1) is 0 Å². The summed E-state index contributed by atoms with van der Waals surface area (Å²) < 4.78 is 5.63. The van der Waals surface area contributed by atoms with Crippen molar-refractivity contribution in [2.24, 2.45) is 5.84 Å². The molecule has 0 bridgehead atoms. The number of hydrogen-bond acceptors (Lipinski definition) is 3. The lowest BCUT2D eigenvalue weighted by atomic mass is 9.86. The molecular formula is C13H20N2O2. The van der Waals surface area contributed by atoms with Crippen LogP contribution in [0.5, 0.6) is 5.75 Å². The Labute approximate surface area is 102 Å². The molecule has 17 heavy (non-hydrogen) atoms. The minimum absolute atomic E-state index is 0.0322. The van der Waals surface area contributed by atoms with Crippen LogP contribution in [0.3, 0.4) is 0 Å². The molecule has 0 aliphatic rings. The van der Waals surface area contributed by atoms with Crippen molar-refractivity contribution >= 4 is 5.91 Å². The summed E-state index contributed by atoms with van der Waals surface area (Å²) in [4.78, 5) is 11.3. The monoisotopic (exact) mass is 236 g/mol. The van der Waals surface area contributed by atoms with E-state index in [1.807, 2.05) is 24.3 Å². The van der Waals surface area contributed by atoms with E-state index in [9.17, 15) is 4.79 Å². The number of nitrogens with two attached hydrogens (primary N) is 1. The third-order valence-electron chi connectivity index (χ3n) is 2.51. The molecule has 1 aromatic carbocycles. The molecule has 0 aliphatic heterocycles. The summed E-state index contributed by atoms with van der Waals surface area (Å²) >= 11 is 0. The van der Waals surface area contributed by atoms with E-state index < -0.39 is 6.10 Å². The van der Waals surface area contributed by atoms with E-state index in [0.29, 0.717) is 0 Å². The molecule has 0 radical (unpaired) electrons. The number of benzene rings is 1. The Kier molecular flexibility index (Phi) is 4.12. The molecule has 1 rings (SSSR count). The molecule has 0 heterocycles. The van der Waals surface area contributed by atoms with Gasteiger partial charge in [-0.2, -0.15) is 0 Å². The normalized spacial score (nSPS) is 13.0. The zero-order valence-electron chi connectivity index (χ0n) is 10.8. The molecule has 94 valence electrons. The molecule has 0 fully saturated rings. The topological polar surface area (TPSA) is 64.3 Å². The van der Waals surface area contributed by atoms with Gasteiger partial charge in [0.2, 0.25) is 0 Å². The summed E-state index contributed by atoms with van der Waals surface area (Å²) in [5, 5.41) is 0. The first-order valence-corrected chi connectivity index (χ1v) is 5.63. The molecule has 1 atom stereocenters. The minimum Gasteiger partial charge on any atom is -0.481 e. The van der Waals surface area contributed by atoms with Gasteiger partial charge in [-0.3, -0.25) is 10.2 Å². The summed E-state index contributed by atoms with van der Waals surface area (Å²) in [5.41, 5.74) is 3.11. The number of amides is 1. The minimum atomic E-state index is -0.608. The zero-order chi connectivity index (χ0) is 13.1. The van der Waals surface area contributed by atoms with Crippen LogP contribution in [0.1, 0.15) is 33.3 Å². The number of rotatable bonds is 3. The van der Waals surface area contributed by atoms with Crippen molar-refractivity contribution in [1.29, 1.82) is 0 Å². The maximum Gasteiger partial charge on any atom is 0.274 e. The van der Waals surface area contributed by atoms with Gasteiger partial charge >= 0.3 is 0 Å². The van der Waals surface area contributed by atoms with Gasteiger partial charge in [0.1, 0.15) is 5.75 Å². The first kappa shape index (κ1) is 13.5. The highest BCUT2D eigenvalue weighted by atomic mass is 16.5. The number of nitrogens with one attached hydrogen (secondary N) is 1. The van der Waals surface area contributed by atoms with Crippen molar-refractivity contribution in [3.63, 3.8) is 0 Å². The molecule has 1 aromatic rings. The Bertz CT molecular complexity index is 397. The Morgan fingerprint density at radius 2 is 1.94 bits per heavy atom. The van der Waals surface area contributed by atoms with E-state index >= 15 is 0 Å². The van der Waals surface area contributed by atoms with Gasteiger partial charge in [0, 0.05) is 0 Å². The van der Waals surface area contributed by atoms with Crippen LogP contribution in [0.25, 0.3) is 0 Å². The van der Waals surface area contributed by atoms with E-state index in [2.05, 4.69) is 26.2 Å². The van der Waals surface area contributed by atoms with Crippen LogP contribution >= 0.6 is 0 Å². The number of hydrazine groups is 1. The smallest absolute Gasteiger partial charge is 0.274 e. The third-order valence-corrected chi connectivity index (χ3v) is 2.51. The van der Waals surface area contributed by atoms with Gasteiger partial charge in [0.25, 0.3) is 5.91 Å². The van der Waals surface area contributed by atoms with E-state index in [1.54, 1.807) is 6.92 Å². The third kappa shape index (κ3) is 3.46. The maximum atomic E-state index is 11.3. The van der Waals surface area contributed by atoms with Gasteiger partial charge in [-0.15, -0.1) is 0 Å². The second kappa shape index (κ2) is 5.19. The Morgan fingerprint density at radius 1 is 1.35 bits per heavy atom. The quantitative estimate of drug-likeness (QED) is 0.477. The van der Waals surface area contributed by atoms with E-state index in [0.717, 1.165) is 11.3 Å². The van der Waals surface area contributed by atoms with Crippen molar-refractivity contribution < 1.29 is 9.53 Å². The summed E-state index contributed by atoms with van der Waals surface area (Å²) in [6.45, 7) is 7.97. The van der Waals surface area contributed by atoms with Crippen molar-refractivity contribution in [3.05, 3.63) is 29.8 Å². The molecule has 3 N–H and O–H groups in total. The molecule has 0 saturated carbocycles. The first-order valence-electron chi connectivity index (χ1n) is 5.63. The van der Waals surface area contributed by atoms with Crippen LogP contribution < -0.4 is 16.0 Å². The second-order valence-electron chi connectivity index (χ2n) is 5.01. The van der Waals surface area contributed by atoms with E-state index in [1.165, 1.54) is 0 Å². The molecular weight excluding hydrogens is 216 g/mol. The van der Waals surface area contributed by atoms with Crippen LogP contribution in [-0.4, -0.2) is 12.0 Å². The number of para-hydroxylation sites is 1. The fraction of sp³-hybridized carbons (Fsp3) is 0.462. The van der Waals surface area contributed by atoms with Gasteiger partial charge in [-0.05, 0) is 24.0 Å². The van der Waals surface area contributed by atoms with Crippen molar-refractivity contribution in [2.75, 3.05) is 0 Å². The lowest BCUT2D eigenvalue weighted by Gasteiger charge is -2.24. The lowest BCUT2D eigenvalue weighted by Crippen LogP contribution is -2.40. The fourth-order valence-corrected chi connectivity index (χ4v) is 1.55. The van der Waals surface area contributed by atoms with Crippen LogP contribution in [-0.2, 0) is 10.2 Å². The predicted molar refractivity (Wildman–Crippen MR) is 67.6 cm³/mol. The molecule has 0 aromatic heterocycles. The SMILES string of the molecule is CC(Oc1ccccc1C(C)(C)C)C(=O)NN. The zero-order valence-corrected chi connectivity index (χ0v) is 10.8. The maximum absolute atomic E-state index is 11.3. The summed E-state index contributed by atoms with van der Waals surface area (Å²) in [6.07, 6.45) is -0.608. The van der Waals surface area contributed by atoms with E-state index in [4.69, 9.17) is 10.6 Å². The second-order valence-corrected chi connectivity index (χ2v) is 5.01. The summed E-state index contributed by atoms with van der Waals surface area (Å²) in [6, 6.07) is 7.71. The first-order chi connectivity index (χ1) is 7.86. The predicted octanol–water partition coefficient (Wildman–Crippen LogP) is 1.74. The van der Waals surface area contributed by atoms with Crippen LogP contribution in [0.4, 0.5) is 0 Å². The molecule has 1 unspecified atom stereocenters. The van der Waals surface area contributed by atoms with Crippen LogP contribution in [0.15, 0.2) is 24.3 Å². The number of carbonyl (C=O) groups excluding carboxylic acids is 1. The molecule has 4 nitrogen and oxygen atoms in total. The van der Waals surface area contributed by atoms with E-state index in [-0.39, 0.29) is 11.3 Å². The highest BCUT2D eigenvalue weighted by Gasteiger charge is 2.21. The summed E-state index contributed by atoms with van der Waals surface area (Å²) in [7, 11) is 0. The van der Waals surface area contributed by atoms with Gasteiger partial charge in [-0.25, -0.2) is 5.84 Å². The number of carbonyl (C=O) groups is 1. The van der Waals surface area contributed by atoms with Crippen molar-refractivity contribution in [3.8, 4) is 5.75 Å². The number of ether oxygens (including phenoxy) is 1. The van der Waals surface area contributed by atoms with Crippen molar-refractivity contribution in [2.45, 2.75) is 39.2 Å². The van der Waals surface area contributed by atoms with Gasteiger partial charge in [-0.1, -0.05) is 39.0 Å². The summed E-state index contributed by atoms with van der Waals surface area (Å²) in [5.74, 6) is 5.45. The molecule has 1 amide bonds. The Balaban J connectivity index is 2.95. The molecule has 0 aliphatic carbocycles. The highest BCUT2D eigenvalue weighted by Crippen LogP contribution is 2.31. The Hall–Kier alpha value is -1.55. The molecule has 4 heteroatoms. The highest BCUT2D eigenvalue weighted by molar-refractivity contribution is 5.80. The average Bonchev–Trinajstić information content (AvgIpc) is 2.27. The largest absolute Gasteiger partial charge is 0.481 e. The van der Waals surface area contributed by atoms with Crippen molar-refractivity contribution in [1.82, 2.24) is 5.43 Å². The fourth-order valence-electron chi connectivity index (χ4n) is 1.55.